The molecule has 4 aliphatic rings. The van der Waals surface area contributed by atoms with Gasteiger partial charge in [0.05, 0.1) is 6.10 Å². The molecule has 4 aliphatic carbocycles. The van der Waals surface area contributed by atoms with Crippen molar-refractivity contribution in [2.75, 3.05) is 0 Å². The summed E-state index contributed by atoms with van der Waals surface area (Å²) in [5.74, 6) is 1.26. The minimum Gasteiger partial charge on any atom is -0.463 e. The first-order valence-electron chi connectivity index (χ1n) is 10.7. The maximum atomic E-state index is 12.2. The number of aliphatic hydroxyl groups excluding tert-OH is 1. The van der Waals surface area contributed by atoms with Crippen LogP contribution in [0.3, 0.4) is 0 Å². The van der Waals surface area contributed by atoms with Gasteiger partial charge >= 0.3 is 5.97 Å². The third kappa shape index (κ3) is 2.82. The smallest absolute Gasteiger partial charge is 0.302 e. The molecule has 1 N–H and O–H groups in total. The molecule has 0 saturated heterocycles. The number of carbonyl (C=O) groups excluding carboxylic acids is 2. The van der Waals surface area contributed by atoms with Gasteiger partial charge in [0, 0.05) is 18.3 Å². The maximum Gasteiger partial charge on any atom is 0.302 e. The second kappa shape index (κ2) is 6.43. The quantitative estimate of drug-likeness (QED) is 0.581. The monoisotopic (exact) mass is 374 g/mol. The zero-order valence-corrected chi connectivity index (χ0v) is 17.2. The number of ether oxygens (including phenoxy) is 1. The fourth-order valence-corrected chi connectivity index (χ4v) is 7.46. The summed E-state index contributed by atoms with van der Waals surface area (Å²) in [5.41, 5.74) is 2.86. The molecule has 0 unspecified atom stereocenters. The Hall–Kier alpha value is -1.16. The molecule has 0 bridgehead atoms. The molecule has 0 aromatic carbocycles. The van der Waals surface area contributed by atoms with E-state index in [0.29, 0.717) is 17.6 Å². The largest absolute Gasteiger partial charge is 0.463 e. The Morgan fingerprint density at radius 3 is 2.52 bits per heavy atom. The maximum absolute atomic E-state index is 12.2. The SMILES string of the molecule is CC(=O)O[C@H]1CCC2=C3CC[C@]4(C)[C@@H](C(C)=O)CC[C@H]4[C@@H]3C[C@@H](O)[C@]2(C)C1. The van der Waals surface area contributed by atoms with E-state index in [1.165, 1.54) is 12.5 Å². The lowest BCUT2D eigenvalue weighted by Gasteiger charge is -2.55. The molecule has 0 aromatic rings. The van der Waals surface area contributed by atoms with Crippen LogP contribution >= 0.6 is 0 Å². The summed E-state index contributed by atoms with van der Waals surface area (Å²) in [6.45, 7) is 7.73. The molecule has 0 amide bonds. The van der Waals surface area contributed by atoms with Gasteiger partial charge in [-0.3, -0.25) is 9.59 Å². The molecule has 27 heavy (non-hydrogen) atoms. The molecule has 0 radical (unpaired) electrons. The Balaban J connectivity index is 1.66. The van der Waals surface area contributed by atoms with Gasteiger partial charge in [-0.2, -0.15) is 0 Å². The second-order valence-electron chi connectivity index (χ2n) is 10.1. The molecular formula is C23H34O4. The van der Waals surface area contributed by atoms with Gasteiger partial charge in [-0.25, -0.2) is 0 Å². The molecular weight excluding hydrogens is 340 g/mol. The van der Waals surface area contributed by atoms with Crippen LogP contribution in [0.4, 0.5) is 0 Å². The molecule has 3 fully saturated rings. The van der Waals surface area contributed by atoms with Gasteiger partial charge in [0.15, 0.2) is 0 Å². The van der Waals surface area contributed by atoms with Gasteiger partial charge in [0.1, 0.15) is 11.9 Å². The average Bonchev–Trinajstić information content (AvgIpc) is 2.92. The van der Waals surface area contributed by atoms with Crippen LogP contribution in [0, 0.1) is 28.6 Å². The lowest BCUT2D eigenvalue weighted by atomic mass is 9.51. The molecule has 4 rings (SSSR count). The van der Waals surface area contributed by atoms with Crippen LogP contribution in [0.25, 0.3) is 0 Å². The van der Waals surface area contributed by atoms with Crippen molar-refractivity contribution < 1.29 is 19.4 Å². The number of Topliss-reactive ketones (excluding diaryl/α,β-unsaturated/α-hetero) is 1. The summed E-state index contributed by atoms with van der Waals surface area (Å²) in [6, 6.07) is 0. The lowest BCUT2D eigenvalue weighted by molar-refractivity contribution is -0.151. The Kier molecular flexibility index (Phi) is 4.57. The molecule has 0 heterocycles. The number of hydrogen-bond acceptors (Lipinski definition) is 4. The van der Waals surface area contributed by atoms with Gasteiger partial charge in [0.25, 0.3) is 0 Å². The van der Waals surface area contributed by atoms with Crippen molar-refractivity contribution in [3.63, 3.8) is 0 Å². The lowest BCUT2D eigenvalue weighted by Crippen LogP contribution is -2.50. The summed E-state index contributed by atoms with van der Waals surface area (Å²) < 4.78 is 5.51. The molecule has 0 aromatic heterocycles. The van der Waals surface area contributed by atoms with Gasteiger partial charge < -0.3 is 9.84 Å². The molecule has 0 aliphatic heterocycles. The van der Waals surface area contributed by atoms with E-state index in [-0.39, 0.29) is 28.8 Å². The number of esters is 1. The molecule has 4 heteroatoms. The van der Waals surface area contributed by atoms with Gasteiger partial charge in [0.2, 0.25) is 0 Å². The van der Waals surface area contributed by atoms with Crippen LogP contribution in [0.15, 0.2) is 11.1 Å². The van der Waals surface area contributed by atoms with Crippen LogP contribution in [0.2, 0.25) is 0 Å². The van der Waals surface area contributed by atoms with E-state index >= 15 is 0 Å². The highest BCUT2D eigenvalue weighted by Gasteiger charge is 2.58. The van der Waals surface area contributed by atoms with Crippen molar-refractivity contribution in [3.8, 4) is 0 Å². The third-order valence-electron chi connectivity index (χ3n) is 8.76. The van der Waals surface area contributed by atoms with E-state index in [4.69, 9.17) is 4.74 Å². The molecule has 0 spiro atoms. The van der Waals surface area contributed by atoms with Crippen molar-refractivity contribution in [1.29, 1.82) is 0 Å². The zero-order valence-electron chi connectivity index (χ0n) is 17.2. The predicted molar refractivity (Wildman–Crippen MR) is 103 cm³/mol. The summed E-state index contributed by atoms with van der Waals surface area (Å²) >= 11 is 0. The highest BCUT2D eigenvalue weighted by Crippen LogP contribution is 2.64. The number of rotatable bonds is 2. The van der Waals surface area contributed by atoms with Crippen LogP contribution in [0.1, 0.15) is 79.1 Å². The van der Waals surface area contributed by atoms with E-state index in [1.807, 2.05) is 0 Å². The van der Waals surface area contributed by atoms with Crippen LogP contribution in [-0.4, -0.2) is 29.1 Å². The average molecular weight is 375 g/mol. The Morgan fingerprint density at radius 1 is 1.11 bits per heavy atom. The number of allylic oxidation sites excluding steroid dienone is 1. The number of aliphatic hydroxyl groups is 1. The van der Waals surface area contributed by atoms with Gasteiger partial charge in [-0.1, -0.05) is 25.0 Å². The summed E-state index contributed by atoms with van der Waals surface area (Å²) in [6.07, 6.45) is 7.14. The summed E-state index contributed by atoms with van der Waals surface area (Å²) in [5, 5.41) is 11.2. The van der Waals surface area contributed by atoms with Crippen molar-refractivity contribution in [2.45, 2.75) is 91.3 Å². The van der Waals surface area contributed by atoms with Crippen LogP contribution in [-0.2, 0) is 14.3 Å². The molecule has 150 valence electrons. The van der Waals surface area contributed by atoms with Gasteiger partial charge in [-0.05, 0) is 75.5 Å². The van der Waals surface area contributed by atoms with Crippen LogP contribution < -0.4 is 0 Å². The fraction of sp³-hybridized carbons (Fsp3) is 0.826. The molecule has 4 nitrogen and oxygen atoms in total. The molecule has 3 saturated carbocycles. The number of fused-ring (bicyclic) bond motifs is 4. The number of hydrogen-bond donors (Lipinski definition) is 1. The first-order valence-corrected chi connectivity index (χ1v) is 10.7. The summed E-state index contributed by atoms with van der Waals surface area (Å²) in [4.78, 5) is 23.6. The standard InChI is InChI=1S/C23H34O4/c1-13(24)18-7-8-20-17-11-21(26)23(4)12-15(27-14(2)25)5-6-19(23)16(17)9-10-22(18,20)3/h15,17-18,20-21,26H,5-12H2,1-4H3/t15-,17+,18+,20-,21+,22+,23+/m0/s1. The minimum absolute atomic E-state index is 0.0783. The Bertz CT molecular complexity index is 694. The first kappa shape index (κ1) is 19.2. The molecule has 7 atom stereocenters. The second-order valence-corrected chi connectivity index (χ2v) is 10.1. The normalized spacial score (nSPS) is 46.3. The Morgan fingerprint density at radius 2 is 1.85 bits per heavy atom. The van der Waals surface area contributed by atoms with Crippen molar-refractivity contribution in [3.05, 3.63) is 11.1 Å². The Labute approximate surface area is 162 Å². The zero-order chi connectivity index (χ0) is 19.6. The van der Waals surface area contributed by atoms with Gasteiger partial charge in [-0.15, -0.1) is 0 Å². The van der Waals surface area contributed by atoms with E-state index in [0.717, 1.165) is 51.4 Å². The van der Waals surface area contributed by atoms with Crippen LogP contribution in [0.5, 0.6) is 0 Å². The summed E-state index contributed by atoms with van der Waals surface area (Å²) in [7, 11) is 0. The topological polar surface area (TPSA) is 63.6 Å². The fourth-order valence-electron chi connectivity index (χ4n) is 7.46. The van der Waals surface area contributed by atoms with Crippen molar-refractivity contribution in [2.24, 2.45) is 28.6 Å². The van der Waals surface area contributed by atoms with Crippen molar-refractivity contribution in [1.82, 2.24) is 0 Å². The van der Waals surface area contributed by atoms with E-state index < -0.39 is 6.10 Å². The number of ketones is 1. The highest BCUT2D eigenvalue weighted by atomic mass is 16.5. The van der Waals surface area contributed by atoms with E-state index in [2.05, 4.69) is 13.8 Å². The first-order chi connectivity index (χ1) is 12.7. The van der Waals surface area contributed by atoms with E-state index in [9.17, 15) is 14.7 Å². The van der Waals surface area contributed by atoms with Crippen molar-refractivity contribution >= 4 is 11.8 Å². The predicted octanol–water partition coefficient (Wildman–Crippen LogP) is 4.20. The number of carbonyl (C=O) groups is 2. The third-order valence-corrected chi connectivity index (χ3v) is 8.76. The van der Waals surface area contributed by atoms with E-state index in [1.54, 1.807) is 12.5 Å². The minimum atomic E-state index is -0.390. The highest BCUT2D eigenvalue weighted by molar-refractivity contribution is 5.79.